The van der Waals surface area contributed by atoms with Crippen molar-refractivity contribution in [2.24, 2.45) is 0 Å². The molecule has 1 amide bonds. The summed E-state index contributed by atoms with van der Waals surface area (Å²) in [6.07, 6.45) is 0. The molecule has 4 nitrogen and oxygen atoms in total. The van der Waals surface area contributed by atoms with Crippen LogP contribution in [-0.2, 0) is 9.59 Å². The van der Waals surface area contributed by atoms with Gasteiger partial charge in [-0.1, -0.05) is 0 Å². The lowest BCUT2D eigenvalue weighted by Gasteiger charge is -1.99. The van der Waals surface area contributed by atoms with Gasteiger partial charge in [0.25, 0.3) is 0 Å². The van der Waals surface area contributed by atoms with E-state index in [4.69, 9.17) is 0 Å². The van der Waals surface area contributed by atoms with E-state index in [-0.39, 0.29) is 24.8 Å². The molecule has 0 bridgehead atoms. The number of Topliss-reactive ketones (excluding diaryl/α,β-unsaturated/α-hetero) is 1. The lowest BCUT2D eigenvalue weighted by atomic mass is 10.4. The van der Waals surface area contributed by atoms with Gasteiger partial charge in [0.15, 0.2) is 0 Å². The summed E-state index contributed by atoms with van der Waals surface area (Å²) < 4.78 is 0. The highest BCUT2D eigenvalue weighted by molar-refractivity contribution is 5.85. The molecule has 0 radical (unpaired) electrons. The van der Waals surface area contributed by atoms with Crippen molar-refractivity contribution in [1.82, 2.24) is 10.6 Å². The van der Waals surface area contributed by atoms with Crippen LogP contribution in [0.15, 0.2) is 0 Å². The van der Waals surface area contributed by atoms with E-state index < -0.39 is 0 Å². The average molecular weight is 144 g/mol. The first kappa shape index (κ1) is 9.10. The molecule has 0 unspecified atom stereocenters. The zero-order valence-electron chi connectivity index (χ0n) is 6.23. The van der Waals surface area contributed by atoms with E-state index in [1.165, 1.54) is 6.92 Å². The van der Waals surface area contributed by atoms with Crippen LogP contribution in [0.1, 0.15) is 6.92 Å². The molecule has 0 atom stereocenters. The largest absolute Gasteiger partial charge is 0.348 e. The molecule has 0 aliphatic rings. The van der Waals surface area contributed by atoms with Crippen molar-refractivity contribution in [3.05, 3.63) is 0 Å². The van der Waals surface area contributed by atoms with Crippen molar-refractivity contribution in [2.75, 3.05) is 20.1 Å². The second-order valence-corrected chi connectivity index (χ2v) is 2.01. The first-order chi connectivity index (χ1) is 4.66. The van der Waals surface area contributed by atoms with Crippen molar-refractivity contribution in [1.29, 1.82) is 0 Å². The van der Waals surface area contributed by atoms with E-state index in [0.717, 1.165) is 0 Å². The summed E-state index contributed by atoms with van der Waals surface area (Å²) in [5.74, 6) is -0.192. The van der Waals surface area contributed by atoms with Gasteiger partial charge in [-0.15, -0.1) is 0 Å². The molecule has 2 N–H and O–H groups in total. The van der Waals surface area contributed by atoms with Crippen LogP contribution in [0, 0.1) is 0 Å². The molecule has 0 aliphatic carbocycles. The van der Waals surface area contributed by atoms with Gasteiger partial charge in [-0.3, -0.25) is 9.59 Å². The normalized spacial score (nSPS) is 9.00. The molecular formula is C6H12N2O2. The van der Waals surface area contributed by atoms with Gasteiger partial charge in [-0.25, -0.2) is 0 Å². The molecule has 0 rings (SSSR count). The average Bonchev–Trinajstić information content (AvgIpc) is 1.85. The third-order valence-electron chi connectivity index (χ3n) is 0.872. The summed E-state index contributed by atoms with van der Waals surface area (Å²) in [5, 5.41) is 5.10. The molecule has 0 fully saturated rings. The van der Waals surface area contributed by atoms with Gasteiger partial charge in [-0.05, 0) is 14.0 Å². The van der Waals surface area contributed by atoms with Crippen LogP contribution in [0.25, 0.3) is 0 Å². The topological polar surface area (TPSA) is 58.2 Å². The van der Waals surface area contributed by atoms with Gasteiger partial charge < -0.3 is 10.6 Å². The van der Waals surface area contributed by atoms with Crippen molar-refractivity contribution in [2.45, 2.75) is 6.92 Å². The third-order valence-corrected chi connectivity index (χ3v) is 0.872. The van der Waals surface area contributed by atoms with Gasteiger partial charge in [0, 0.05) is 0 Å². The van der Waals surface area contributed by atoms with Gasteiger partial charge in [0.2, 0.25) is 5.91 Å². The Hall–Kier alpha value is -0.900. The number of ketones is 1. The smallest absolute Gasteiger partial charge is 0.234 e. The molecule has 58 valence electrons. The Kier molecular flexibility index (Phi) is 4.49. The fourth-order valence-corrected chi connectivity index (χ4v) is 0.446. The summed E-state index contributed by atoms with van der Waals surface area (Å²) in [5.41, 5.74) is 0. The quantitative estimate of drug-likeness (QED) is 0.527. The van der Waals surface area contributed by atoms with Gasteiger partial charge in [0.05, 0.1) is 13.1 Å². The molecule has 0 aliphatic heterocycles. The lowest BCUT2D eigenvalue weighted by molar-refractivity contribution is -0.123. The zero-order valence-corrected chi connectivity index (χ0v) is 6.23. The first-order valence-electron chi connectivity index (χ1n) is 3.07. The van der Waals surface area contributed by atoms with Gasteiger partial charge in [0.1, 0.15) is 5.78 Å². The minimum absolute atomic E-state index is 0.0375. The Morgan fingerprint density at radius 3 is 2.30 bits per heavy atom. The number of rotatable bonds is 4. The SMILES string of the molecule is CNCC(=O)NCC(C)=O. The van der Waals surface area contributed by atoms with Crippen LogP contribution in [-0.4, -0.2) is 31.8 Å². The summed E-state index contributed by atoms with van der Waals surface area (Å²) in [6.45, 7) is 1.81. The van der Waals surface area contributed by atoms with Gasteiger partial charge in [-0.2, -0.15) is 0 Å². The minimum Gasteiger partial charge on any atom is -0.348 e. The second kappa shape index (κ2) is 4.93. The van der Waals surface area contributed by atoms with Crippen LogP contribution >= 0.6 is 0 Å². The Bertz CT molecular complexity index is 134. The highest BCUT2D eigenvalue weighted by Crippen LogP contribution is 1.65. The predicted octanol–water partition coefficient (Wildman–Crippen LogP) is -1.09. The van der Waals surface area contributed by atoms with E-state index in [1.807, 2.05) is 0 Å². The molecule has 4 heteroatoms. The van der Waals surface area contributed by atoms with Crippen LogP contribution in [0.3, 0.4) is 0 Å². The number of amides is 1. The summed E-state index contributed by atoms with van der Waals surface area (Å²) in [4.78, 5) is 20.9. The lowest BCUT2D eigenvalue weighted by Crippen LogP contribution is -2.34. The highest BCUT2D eigenvalue weighted by Gasteiger charge is 1.98. The van der Waals surface area contributed by atoms with Crippen LogP contribution in [0.4, 0.5) is 0 Å². The second-order valence-electron chi connectivity index (χ2n) is 2.01. The van der Waals surface area contributed by atoms with Crippen molar-refractivity contribution in [3.63, 3.8) is 0 Å². The molecular weight excluding hydrogens is 132 g/mol. The third kappa shape index (κ3) is 5.24. The van der Waals surface area contributed by atoms with Crippen molar-refractivity contribution < 1.29 is 9.59 Å². The van der Waals surface area contributed by atoms with Crippen LogP contribution in [0.2, 0.25) is 0 Å². The number of carbonyl (C=O) groups excluding carboxylic acids is 2. The minimum atomic E-state index is -0.155. The Morgan fingerprint density at radius 2 is 1.90 bits per heavy atom. The maximum absolute atomic E-state index is 10.6. The zero-order chi connectivity index (χ0) is 7.98. The van der Waals surface area contributed by atoms with E-state index in [0.29, 0.717) is 0 Å². The molecule has 0 heterocycles. The molecule has 0 saturated heterocycles. The molecule has 0 spiro atoms. The standard InChI is InChI=1S/C6H12N2O2/c1-5(9)3-8-6(10)4-7-2/h7H,3-4H2,1-2H3,(H,8,10). The number of carbonyl (C=O) groups is 2. The maximum Gasteiger partial charge on any atom is 0.234 e. The van der Waals surface area contributed by atoms with E-state index in [1.54, 1.807) is 7.05 Å². The Morgan fingerprint density at radius 1 is 1.30 bits per heavy atom. The number of hydrogen-bond acceptors (Lipinski definition) is 3. The fraction of sp³-hybridized carbons (Fsp3) is 0.667. The van der Waals surface area contributed by atoms with E-state index >= 15 is 0 Å². The molecule has 0 aromatic rings. The van der Waals surface area contributed by atoms with Crippen molar-refractivity contribution >= 4 is 11.7 Å². The molecule has 10 heavy (non-hydrogen) atoms. The summed E-state index contributed by atoms with van der Waals surface area (Å²) in [6, 6.07) is 0. The summed E-state index contributed by atoms with van der Waals surface area (Å²) in [7, 11) is 1.67. The van der Waals surface area contributed by atoms with Crippen LogP contribution in [0.5, 0.6) is 0 Å². The summed E-state index contributed by atoms with van der Waals surface area (Å²) >= 11 is 0. The monoisotopic (exact) mass is 144 g/mol. The van der Waals surface area contributed by atoms with Crippen molar-refractivity contribution in [3.8, 4) is 0 Å². The highest BCUT2D eigenvalue weighted by atomic mass is 16.2. The first-order valence-corrected chi connectivity index (χ1v) is 3.07. The molecule has 0 aromatic heterocycles. The number of likely N-dealkylation sites (N-methyl/N-ethyl adjacent to an activating group) is 1. The Balaban J connectivity index is 3.30. The molecule has 0 aromatic carbocycles. The predicted molar refractivity (Wildman–Crippen MR) is 37.6 cm³/mol. The Labute approximate surface area is 60.0 Å². The van der Waals surface area contributed by atoms with Crippen LogP contribution < -0.4 is 10.6 Å². The number of nitrogens with one attached hydrogen (secondary N) is 2. The molecule has 0 saturated carbocycles. The number of hydrogen-bond donors (Lipinski definition) is 2. The fourth-order valence-electron chi connectivity index (χ4n) is 0.446. The van der Waals surface area contributed by atoms with E-state index in [9.17, 15) is 9.59 Å². The van der Waals surface area contributed by atoms with E-state index in [2.05, 4.69) is 10.6 Å². The maximum atomic E-state index is 10.6. The van der Waals surface area contributed by atoms with Gasteiger partial charge >= 0.3 is 0 Å².